The van der Waals surface area contributed by atoms with Crippen molar-refractivity contribution in [1.82, 2.24) is 20.2 Å². The van der Waals surface area contributed by atoms with Gasteiger partial charge in [0, 0.05) is 18.0 Å². The summed E-state index contributed by atoms with van der Waals surface area (Å²) >= 11 is 17.8. The minimum Gasteiger partial charge on any atom is -0.334 e. The van der Waals surface area contributed by atoms with Crippen LogP contribution in [0.25, 0.3) is 5.70 Å². The maximum atomic E-state index is 15.4. The summed E-state index contributed by atoms with van der Waals surface area (Å²) in [4.78, 5) is 18.8. The lowest BCUT2D eigenvalue weighted by atomic mass is 9.87. The Balaban J connectivity index is 1.35. The lowest BCUT2D eigenvalue weighted by Gasteiger charge is -2.44. The third-order valence-corrected chi connectivity index (χ3v) is 7.51. The molecule has 37 heavy (non-hydrogen) atoms. The number of carbonyl (C=O) groups is 1. The molecule has 13 heteroatoms. The lowest BCUT2D eigenvalue weighted by molar-refractivity contribution is -0.269. The van der Waals surface area contributed by atoms with Gasteiger partial charge in [0.1, 0.15) is 6.54 Å². The smallest absolute Gasteiger partial charge is 0.334 e. The Morgan fingerprint density at radius 3 is 2.30 bits per heavy atom. The van der Waals surface area contributed by atoms with E-state index in [9.17, 15) is 18.0 Å². The Labute approximate surface area is 223 Å². The molecule has 0 radical (unpaired) electrons. The third kappa shape index (κ3) is 4.56. The van der Waals surface area contributed by atoms with Crippen molar-refractivity contribution in [3.63, 3.8) is 0 Å². The Morgan fingerprint density at radius 2 is 1.73 bits per heavy atom. The molecule has 3 aromatic rings. The second-order valence-electron chi connectivity index (χ2n) is 8.75. The van der Waals surface area contributed by atoms with Gasteiger partial charge in [-0.3, -0.25) is 19.8 Å². The number of amides is 1. The molecule has 1 fully saturated rings. The van der Waals surface area contributed by atoms with Crippen LogP contribution in [0.2, 0.25) is 15.1 Å². The second-order valence-corrected chi connectivity index (χ2v) is 9.94. The van der Waals surface area contributed by atoms with Crippen LogP contribution in [-0.2, 0) is 27.4 Å². The number of carbonyl (C=O) groups excluding carboxylic acids is 1. The zero-order valence-electron chi connectivity index (χ0n) is 18.7. The molecule has 2 aliphatic rings. The molecule has 0 saturated carbocycles. The first-order valence-electron chi connectivity index (χ1n) is 10.9. The molecule has 5 rings (SSSR count). The van der Waals surface area contributed by atoms with Crippen LogP contribution in [0.5, 0.6) is 0 Å². The van der Waals surface area contributed by atoms with Gasteiger partial charge < -0.3 is 4.90 Å². The molecule has 0 spiro atoms. The van der Waals surface area contributed by atoms with Gasteiger partial charge in [-0.05, 0) is 35.4 Å². The van der Waals surface area contributed by atoms with Crippen LogP contribution < -0.4 is 5.48 Å². The zero-order chi connectivity index (χ0) is 26.6. The molecule has 1 atom stereocenters. The average Bonchev–Trinajstić information content (AvgIpc) is 3.51. The summed E-state index contributed by atoms with van der Waals surface area (Å²) in [6.07, 6.45) is -0.841. The van der Waals surface area contributed by atoms with Gasteiger partial charge in [-0.2, -0.15) is 18.3 Å². The minimum absolute atomic E-state index is 0.00679. The number of likely N-dealkylation sites (tertiary alicyclic amines) is 1. The maximum Gasteiger partial charge on any atom is 0.428 e. The first-order valence-corrected chi connectivity index (χ1v) is 12.0. The zero-order valence-corrected chi connectivity index (χ0v) is 21.0. The first kappa shape index (κ1) is 25.8. The first-order chi connectivity index (χ1) is 17.4. The summed E-state index contributed by atoms with van der Waals surface area (Å²) in [7, 11) is 0. The van der Waals surface area contributed by atoms with Gasteiger partial charge in [-0.25, -0.2) is 4.39 Å². The molecule has 3 heterocycles. The van der Waals surface area contributed by atoms with E-state index in [-0.39, 0.29) is 51.9 Å². The van der Waals surface area contributed by atoms with Crippen LogP contribution in [0.15, 0.2) is 60.9 Å². The third-order valence-electron chi connectivity index (χ3n) is 6.31. The molecule has 0 aliphatic carbocycles. The van der Waals surface area contributed by atoms with E-state index in [1.165, 1.54) is 33.8 Å². The fourth-order valence-corrected chi connectivity index (χ4v) is 4.85. The van der Waals surface area contributed by atoms with E-state index >= 15 is 4.39 Å². The van der Waals surface area contributed by atoms with E-state index in [4.69, 9.17) is 39.6 Å². The van der Waals surface area contributed by atoms with Gasteiger partial charge in [-0.15, -0.1) is 0 Å². The molecular weight excluding hydrogens is 559 g/mol. The standard InChI is InChI=1S/C24H17Cl3F4N4O2/c25-17-8-16(9-18(26)21(17)27)23(24(29,30)31)10-19(33-37-23)14-2-4-15(5-3-14)22(28)12-34(13-22)20(36)11-35-7-1-6-32-35/h1-10,33H,11-13H2. The van der Waals surface area contributed by atoms with E-state index in [2.05, 4.69) is 10.6 Å². The van der Waals surface area contributed by atoms with Crippen molar-refractivity contribution in [1.29, 1.82) is 0 Å². The van der Waals surface area contributed by atoms with Crippen LogP contribution in [0, 0.1) is 0 Å². The van der Waals surface area contributed by atoms with Crippen molar-refractivity contribution in [2.24, 2.45) is 0 Å². The average molecular weight is 576 g/mol. The van der Waals surface area contributed by atoms with Crippen molar-refractivity contribution in [3.05, 3.63) is 92.7 Å². The quantitative estimate of drug-likeness (QED) is 0.305. The fraction of sp³-hybridized carbons (Fsp3) is 0.250. The van der Waals surface area contributed by atoms with Gasteiger partial charge in [0.2, 0.25) is 11.5 Å². The van der Waals surface area contributed by atoms with E-state index in [1.807, 2.05) is 0 Å². The van der Waals surface area contributed by atoms with Crippen LogP contribution >= 0.6 is 34.8 Å². The van der Waals surface area contributed by atoms with Crippen molar-refractivity contribution >= 4 is 46.4 Å². The van der Waals surface area contributed by atoms with Crippen molar-refractivity contribution in [3.8, 4) is 0 Å². The highest BCUT2D eigenvalue weighted by Crippen LogP contribution is 2.49. The van der Waals surface area contributed by atoms with Gasteiger partial charge >= 0.3 is 6.18 Å². The number of hydrogen-bond acceptors (Lipinski definition) is 4. The number of benzene rings is 2. The largest absolute Gasteiger partial charge is 0.428 e. The molecule has 1 aromatic heterocycles. The lowest BCUT2D eigenvalue weighted by Crippen LogP contribution is -2.59. The predicted molar refractivity (Wildman–Crippen MR) is 129 cm³/mol. The summed E-state index contributed by atoms with van der Waals surface area (Å²) in [6.45, 7) is -0.260. The number of aromatic nitrogens is 2. The Kier molecular flexibility index (Phi) is 6.42. The molecule has 1 saturated heterocycles. The number of alkyl halides is 4. The molecule has 2 aromatic carbocycles. The van der Waals surface area contributed by atoms with Crippen molar-refractivity contribution in [2.45, 2.75) is 24.0 Å². The normalized spacial score (nSPS) is 20.8. The Bertz CT molecular complexity index is 1350. The van der Waals surface area contributed by atoms with Crippen molar-refractivity contribution in [2.75, 3.05) is 13.1 Å². The number of halogens is 7. The summed E-state index contributed by atoms with van der Waals surface area (Å²) in [5.41, 5.74) is -2.05. The van der Waals surface area contributed by atoms with Crippen LogP contribution in [0.3, 0.4) is 0 Å². The van der Waals surface area contributed by atoms with Gasteiger partial charge in [0.25, 0.3) is 0 Å². The van der Waals surface area contributed by atoms with Crippen LogP contribution in [0.1, 0.15) is 16.7 Å². The highest BCUT2D eigenvalue weighted by atomic mass is 35.5. The van der Waals surface area contributed by atoms with Crippen LogP contribution in [0.4, 0.5) is 17.6 Å². The molecular formula is C24H17Cl3F4N4O2. The highest BCUT2D eigenvalue weighted by molar-refractivity contribution is 6.48. The SMILES string of the molecule is O=C(Cn1cccn1)N1CC(F)(c2ccc(C3=CC(c4cc(Cl)c(Cl)c(Cl)c4)(C(F)(F)F)ON3)cc2)C1. The number of hydrogen-bond donors (Lipinski definition) is 1. The van der Waals surface area contributed by atoms with Crippen LogP contribution in [-0.4, -0.2) is 39.9 Å². The molecule has 6 nitrogen and oxygen atoms in total. The van der Waals surface area contributed by atoms with E-state index in [0.717, 1.165) is 18.2 Å². The fourth-order valence-electron chi connectivity index (χ4n) is 4.25. The highest BCUT2D eigenvalue weighted by Gasteiger charge is 2.60. The number of nitrogens with zero attached hydrogens (tertiary/aromatic N) is 3. The topological polar surface area (TPSA) is 59.4 Å². The number of nitrogens with one attached hydrogen (secondary N) is 1. The second kappa shape index (κ2) is 9.20. The predicted octanol–water partition coefficient (Wildman–Crippen LogP) is 5.88. The summed E-state index contributed by atoms with van der Waals surface area (Å²) in [5, 5.41) is 3.57. The molecule has 1 unspecified atom stereocenters. The number of hydroxylamine groups is 1. The molecule has 1 N–H and O–H groups in total. The van der Waals surface area contributed by atoms with Gasteiger partial charge in [-0.1, -0.05) is 59.1 Å². The summed E-state index contributed by atoms with van der Waals surface area (Å²) < 4.78 is 59.5. The minimum atomic E-state index is -4.89. The Morgan fingerprint density at radius 1 is 1.08 bits per heavy atom. The summed E-state index contributed by atoms with van der Waals surface area (Å²) in [5.74, 6) is -0.267. The van der Waals surface area contributed by atoms with Gasteiger partial charge in [0.05, 0.1) is 33.9 Å². The molecule has 194 valence electrons. The maximum absolute atomic E-state index is 15.4. The van der Waals surface area contributed by atoms with Crippen molar-refractivity contribution < 1.29 is 27.2 Å². The van der Waals surface area contributed by atoms with E-state index in [0.29, 0.717) is 11.1 Å². The molecule has 0 bridgehead atoms. The van der Waals surface area contributed by atoms with E-state index < -0.39 is 17.4 Å². The Hall–Kier alpha value is -2.79. The number of rotatable bonds is 5. The monoisotopic (exact) mass is 574 g/mol. The summed E-state index contributed by atoms with van der Waals surface area (Å²) in [6, 6.07) is 9.64. The molecule has 1 amide bonds. The molecule has 2 aliphatic heterocycles. The van der Waals surface area contributed by atoms with Gasteiger partial charge in [0.15, 0.2) is 5.67 Å². The van der Waals surface area contributed by atoms with E-state index in [1.54, 1.807) is 18.5 Å².